The second-order valence-electron chi connectivity index (χ2n) is 3.88. The molecule has 0 saturated carbocycles. The molecular weight excluding hydrogens is 370 g/mol. The minimum atomic E-state index is -0.650. The van der Waals surface area contributed by atoms with Crippen LogP contribution in [-0.2, 0) is 0 Å². The van der Waals surface area contributed by atoms with E-state index in [1.54, 1.807) is 12.1 Å². The van der Waals surface area contributed by atoms with Crippen LogP contribution in [0.1, 0.15) is 5.56 Å². The van der Waals surface area contributed by atoms with Crippen molar-refractivity contribution in [1.29, 1.82) is 0 Å². The minimum Gasteiger partial charge on any atom is -0.389 e. The van der Waals surface area contributed by atoms with Crippen LogP contribution >= 0.6 is 39.7 Å². The van der Waals surface area contributed by atoms with Crippen molar-refractivity contribution in [1.82, 2.24) is 0 Å². The van der Waals surface area contributed by atoms with E-state index in [0.29, 0.717) is 5.56 Å². The molecule has 0 spiro atoms. The Kier molecular flexibility index (Phi) is 4.57. The maximum Gasteiger partial charge on any atom is 0.165 e. The number of nitrogens with one attached hydrogen (secondary N) is 1. The molecular formula is C13H8BrClF2N2S. The molecule has 0 heterocycles. The topological polar surface area (TPSA) is 38.0 Å². The number of halogens is 4. The lowest BCUT2D eigenvalue weighted by molar-refractivity contribution is 0.621. The highest BCUT2D eigenvalue weighted by Gasteiger charge is 2.14. The quantitative estimate of drug-likeness (QED) is 0.758. The number of thiocarbonyl (C=S) groups is 1. The monoisotopic (exact) mass is 376 g/mol. The average molecular weight is 378 g/mol. The van der Waals surface area contributed by atoms with Gasteiger partial charge in [0, 0.05) is 5.56 Å². The minimum absolute atomic E-state index is 0.0470. The van der Waals surface area contributed by atoms with Gasteiger partial charge in [0.15, 0.2) is 11.6 Å². The van der Waals surface area contributed by atoms with E-state index in [0.717, 1.165) is 0 Å². The van der Waals surface area contributed by atoms with E-state index in [9.17, 15) is 8.78 Å². The molecule has 0 atom stereocenters. The fourth-order valence-corrected chi connectivity index (χ4v) is 2.62. The number of hydrogen-bond donors (Lipinski definition) is 2. The zero-order valence-electron chi connectivity index (χ0n) is 9.88. The van der Waals surface area contributed by atoms with Crippen LogP contribution in [0, 0.1) is 11.6 Å². The molecule has 2 nitrogen and oxygen atoms in total. The van der Waals surface area contributed by atoms with Crippen LogP contribution in [0.5, 0.6) is 0 Å². The molecule has 2 aromatic rings. The SMILES string of the molecule is NC(=S)c1ccc(Nc2cccc(Cl)c2F)c(F)c1Br. The van der Waals surface area contributed by atoms with Crippen LogP contribution in [0.3, 0.4) is 0 Å². The third-order valence-corrected chi connectivity index (χ3v) is 3.86. The van der Waals surface area contributed by atoms with E-state index < -0.39 is 11.6 Å². The number of hydrogen-bond acceptors (Lipinski definition) is 2. The Morgan fingerprint density at radius 1 is 1.15 bits per heavy atom. The zero-order valence-corrected chi connectivity index (χ0v) is 13.0. The van der Waals surface area contributed by atoms with Crippen molar-refractivity contribution in [2.45, 2.75) is 0 Å². The van der Waals surface area contributed by atoms with Gasteiger partial charge in [0.2, 0.25) is 0 Å². The van der Waals surface area contributed by atoms with Crippen LogP contribution in [-0.4, -0.2) is 4.99 Å². The molecule has 3 N–H and O–H groups in total. The van der Waals surface area contributed by atoms with E-state index in [2.05, 4.69) is 21.2 Å². The van der Waals surface area contributed by atoms with E-state index in [-0.39, 0.29) is 25.9 Å². The van der Waals surface area contributed by atoms with Gasteiger partial charge in [-0.3, -0.25) is 0 Å². The van der Waals surface area contributed by atoms with Gasteiger partial charge in [0.25, 0.3) is 0 Å². The zero-order chi connectivity index (χ0) is 14.9. The lowest BCUT2D eigenvalue weighted by atomic mass is 10.2. The summed E-state index contributed by atoms with van der Waals surface area (Å²) in [7, 11) is 0. The summed E-state index contributed by atoms with van der Waals surface area (Å²) >= 11 is 13.5. The first-order valence-corrected chi connectivity index (χ1v) is 6.98. The summed E-state index contributed by atoms with van der Waals surface area (Å²) in [6.07, 6.45) is 0. The molecule has 0 aliphatic rings. The average Bonchev–Trinajstić information content (AvgIpc) is 2.40. The molecule has 0 amide bonds. The molecule has 2 rings (SSSR count). The summed E-state index contributed by atoms with van der Waals surface area (Å²) < 4.78 is 28.0. The first-order valence-electron chi connectivity index (χ1n) is 5.40. The Morgan fingerprint density at radius 2 is 1.80 bits per heavy atom. The summed E-state index contributed by atoms with van der Waals surface area (Å²) in [5.74, 6) is -1.27. The highest BCUT2D eigenvalue weighted by Crippen LogP contribution is 2.31. The van der Waals surface area contributed by atoms with Crippen LogP contribution in [0.25, 0.3) is 0 Å². The third kappa shape index (κ3) is 2.92. The third-order valence-electron chi connectivity index (χ3n) is 2.57. The van der Waals surface area contributed by atoms with Crippen molar-refractivity contribution >= 4 is 56.1 Å². The molecule has 104 valence electrons. The molecule has 0 aliphatic carbocycles. The molecule has 0 unspecified atom stereocenters. The summed E-state index contributed by atoms with van der Waals surface area (Å²) in [5, 5.41) is 2.59. The second-order valence-corrected chi connectivity index (χ2v) is 5.52. The summed E-state index contributed by atoms with van der Waals surface area (Å²) in [5.41, 5.74) is 5.99. The first-order chi connectivity index (χ1) is 9.41. The number of anilines is 2. The van der Waals surface area contributed by atoms with Crippen molar-refractivity contribution in [3.63, 3.8) is 0 Å². The van der Waals surface area contributed by atoms with Gasteiger partial charge < -0.3 is 11.1 Å². The number of benzene rings is 2. The summed E-state index contributed by atoms with van der Waals surface area (Å²) in [6, 6.07) is 7.39. The standard InChI is InChI=1S/C13H8BrClF2N2S/c14-10-6(13(18)20)4-5-9(12(10)17)19-8-3-1-2-7(15)11(8)16/h1-5,19H,(H2,18,20). The Labute approximate surface area is 133 Å². The van der Waals surface area contributed by atoms with Crippen molar-refractivity contribution in [3.8, 4) is 0 Å². The van der Waals surface area contributed by atoms with Gasteiger partial charge in [0.05, 0.1) is 20.9 Å². The van der Waals surface area contributed by atoms with E-state index in [1.807, 2.05) is 0 Å². The van der Waals surface area contributed by atoms with E-state index in [1.165, 1.54) is 18.2 Å². The summed E-state index contributed by atoms with van der Waals surface area (Å²) in [4.78, 5) is 0.0660. The lowest BCUT2D eigenvalue weighted by Gasteiger charge is -2.12. The molecule has 7 heteroatoms. The van der Waals surface area contributed by atoms with Crippen molar-refractivity contribution in [3.05, 3.63) is 57.0 Å². The van der Waals surface area contributed by atoms with E-state index >= 15 is 0 Å². The second kappa shape index (κ2) is 6.03. The normalized spacial score (nSPS) is 10.4. The smallest absolute Gasteiger partial charge is 0.165 e. The van der Waals surface area contributed by atoms with Gasteiger partial charge in [0.1, 0.15) is 4.99 Å². The predicted molar refractivity (Wildman–Crippen MR) is 84.7 cm³/mol. The highest BCUT2D eigenvalue weighted by atomic mass is 79.9. The molecule has 0 bridgehead atoms. The fourth-order valence-electron chi connectivity index (χ4n) is 1.58. The summed E-state index contributed by atoms with van der Waals surface area (Å²) in [6.45, 7) is 0. The van der Waals surface area contributed by atoms with Crippen LogP contribution in [0.15, 0.2) is 34.8 Å². The van der Waals surface area contributed by atoms with Gasteiger partial charge in [-0.1, -0.05) is 29.9 Å². The predicted octanol–water partition coefficient (Wildman–Crippen LogP) is 4.76. The highest BCUT2D eigenvalue weighted by molar-refractivity contribution is 9.10. The van der Waals surface area contributed by atoms with Crippen LogP contribution < -0.4 is 11.1 Å². The number of nitrogens with two attached hydrogens (primary N) is 1. The molecule has 0 radical (unpaired) electrons. The molecule has 2 aromatic carbocycles. The molecule has 20 heavy (non-hydrogen) atoms. The van der Waals surface area contributed by atoms with Crippen molar-refractivity contribution in [2.24, 2.45) is 5.73 Å². The maximum atomic E-state index is 14.2. The Balaban J connectivity index is 2.42. The fraction of sp³-hybridized carbons (Fsp3) is 0. The van der Waals surface area contributed by atoms with Gasteiger partial charge >= 0.3 is 0 Å². The van der Waals surface area contributed by atoms with Crippen LogP contribution in [0.2, 0.25) is 5.02 Å². The largest absolute Gasteiger partial charge is 0.389 e. The lowest BCUT2D eigenvalue weighted by Crippen LogP contribution is -2.11. The maximum absolute atomic E-state index is 14.2. The first kappa shape index (κ1) is 15.2. The molecule has 0 saturated heterocycles. The Bertz CT molecular complexity index is 694. The number of rotatable bonds is 3. The molecule has 0 aromatic heterocycles. The van der Waals surface area contributed by atoms with Gasteiger partial charge in [-0.2, -0.15) is 0 Å². The van der Waals surface area contributed by atoms with Gasteiger partial charge in [-0.05, 0) is 40.2 Å². The van der Waals surface area contributed by atoms with Crippen LogP contribution in [0.4, 0.5) is 20.2 Å². The van der Waals surface area contributed by atoms with Gasteiger partial charge in [-0.15, -0.1) is 0 Å². The Hall–Kier alpha value is -1.24. The molecule has 0 fully saturated rings. The van der Waals surface area contributed by atoms with Crippen molar-refractivity contribution in [2.75, 3.05) is 5.32 Å². The molecule has 0 aliphatic heterocycles. The van der Waals surface area contributed by atoms with Crippen molar-refractivity contribution < 1.29 is 8.78 Å². The van der Waals surface area contributed by atoms with E-state index in [4.69, 9.17) is 29.6 Å². The van der Waals surface area contributed by atoms with Gasteiger partial charge in [-0.25, -0.2) is 8.78 Å². The Morgan fingerprint density at radius 3 is 2.45 bits per heavy atom.